The largest absolute Gasteiger partial charge is 0.482 e. The zero-order chi connectivity index (χ0) is 23.0. The highest BCUT2D eigenvalue weighted by molar-refractivity contribution is 7.07. The number of ether oxygens (including phenoxy) is 1. The monoisotopic (exact) mass is 461 g/mol. The number of nitrogens with zero attached hydrogens (tertiary/aromatic N) is 4. The van der Waals surface area contributed by atoms with E-state index in [1.54, 1.807) is 12.4 Å². The summed E-state index contributed by atoms with van der Waals surface area (Å²) < 4.78 is 7.47. The third-order valence-electron chi connectivity index (χ3n) is 5.87. The molecule has 0 bridgehead atoms. The van der Waals surface area contributed by atoms with Gasteiger partial charge in [-0.3, -0.25) is 9.78 Å². The molecule has 1 amide bonds. The lowest BCUT2D eigenvalue weighted by Crippen LogP contribution is -2.29. The van der Waals surface area contributed by atoms with Gasteiger partial charge < -0.3 is 10.1 Å². The van der Waals surface area contributed by atoms with E-state index < -0.39 is 0 Å². The highest BCUT2D eigenvalue weighted by Crippen LogP contribution is 2.38. The molecule has 1 saturated carbocycles. The van der Waals surface area contributed by atoms with Gasteiger partial charge in [-0.05, 0) is 60.9 Å². The Morgan fingerprint density at radius 2 is 2.18 bits per heavy atom. The van der Waals surface area contributed by atoms with Crippen LogP contribution in [0.5, 0.6) is 5.75 Å². The first-order chi connectivity index (χ1) is 15.9. The molecule has 5 rings (SSSR count). The molecule has 2 aromatic heterocycles. The molecule has 0 saturated heterocycles. The number of anilines is 1. The van der Waals surface area contributed by atoms with E-state index >= 15 is 0 Å². The van der Waals surface area contributed by atoms with Crippen molar-refractivity contribution in [2.24, 2.45) is 21.4 Å². The molecule has 7 nitrogen and oxygen atoms in total. The third kappa shape index (κ3) is 4.75. The van der Waals surface area contributed by atoms with Gasteiger partial charge >= 0.3 is 0 Å². The molecule has 1 atom stereocenters. The van der Waals surface area contributed by atoms with Crippen molar-refractivity contribution in [1.29, 1.82) is 0 Å². The van der Waals surface area contributed by atoms with Crippen LogP contribution in [0.1, 0.15) is 40.0 Å². The second-order valence-corrected chi connectivity index (χ2v) is 10.4. The summed E-state index contributed by atoms with van der Waals surface area (Å²) >= 11 is 1.54. The van der Waals surface area contributed by atoms with E-state index in [2.05, 4.69) is 36.5 Å². The van der Waals surface area contributed by atoms with Crippen molar-refractivity contribution < 1.29 is 9.53 Å². The topological polar surface area (TPSA) is 80.9 Å². The number of hydrogen-bond acceptors (Lipinski definition) is 6. The lowest BCUT2D eigenvalue weighted by atomic mass is 9.72. The number of nitrogens with one attached hydrogen (secondary N) is 1. The van der Waals surface area contributed by atoms with Gasteiger partial charge in [0.05, 0.1) is 23.3 Å². The van der Waals surface area contributed by atoms with Crippen molar-refractivity contribution in [3.63, 3.8) is 0 Å². The summed E-state index contributed by atoms with van der Waals surface area (Å²) in [5, 5.41) is 10.1. The van der Waals surface area contributed by atoms with Crippen LogP contribution in [-0.2, 0) is 4.79 Å². The summed E-state index contributed by atoms with van der Waals surface area (Å²) in [7, 11) is 0. The Balaban J connectivity index is 1.64. The zero-order valence-electron chi connectivity index (χ0n) is 19.0. The SMILES string of the molecule is CC1CC(=Nn2c(-c3ccc4c(c3)NC(=O)CO4)csc2=Nc2cccnc2)CC(C)(C)C1. The zero-order valence-corrected chi connectivity index (χ0v) is 19.9. The summed E-state index contributed by atoms with van der Waals surface area (Å²) in [6.45, 7) is 6.96. The van der Waals surface area contributed by atoms with Crippen LogP contribution in [-0.4, -0.2) is 27.9 Å². The summed E-state index contributed by atoms with van der Waals surface area (Å²) in [6.07, 6.45) is 6.62. The van der Waals surface area contributed by atoms with Gasteiger partial charge in [0.25, 0.3) is 5.91 Å². The van der Waals surface area contributed by atoms with E-state index in [1.165, 1.54) is 23.5 Å². The Labute approximate surface area is 196 Å². The summed E-state index contributed by atoms with van der Waals surface area (Å²) in [4.78, 5) is 21.6. The van der Waals surface area contributed by atoms with Crippen molar-refractivity contribution >= 4 is 34.3 Å². The lowest BCUT2D eigenvalue weighted by molar-refractivity contribution is -0.118. The van der Waals surface area contributed by atoms with Crippen LogP contribution in [0.15, 0.2) is 58.2 Å². The molecule has 1 aliphatic heterocycles. The summed E-state index contributed by atoms with van der Waals surface area (Å²) in [6, 6.07) is 9.63. The van der Waals surface area contributed by atoms with Crippen LogP contribution in [0.25, 0.3) is 11.3 Å². The molecule has 170 valence electrons. The van der Waals surface area contributed by atoms with E-state index in [9.17, 15) is 4.79 Å². The maximum Gasteiger partial charge on any atom is 0.262 e. The molecule has 1 aliphatic carbocycles. The maximum atomic E-state index is 11.8. The number of hydrogen-bond donors (Lipinski definition) is 1. The van der Waals surface area contributed by atoms with E-state index in [-0.39, 0.29) is 17.9 Å². The molecule has 1 aromatic carbocycles. The fourth-order valence-electron chi connectivity index (χ4n) is 4.78. The second-order valence-electron chi connectivity index (χ2n) is 9.61. The van der Waals surface area contributed by atoms with Gasteiger partial charge in [0.15, 0.2) is 6.61 Å². The standard InChI is InChI=1S/C25H27N5O2S/c1-16-9-19(12-25(2,3)11-16)29-30-21(15-33-24(30)27-18-5-4-8-26-13-18)17-6-7-22-20(10-17)28-23(31)14-32-22/h4-8,10,13,15-16H,9,11-12,14H2,1-3H3,(H,28,31). The molecule has 0 spiro atoms. The average Bonchev–Trinajstić information content (AvgIpc) is 3.14. The quantitative estimate of drug-likeness (QED) is 0.580. The Bertz CT molecular complexity index is 1290. The molecule has 3 aromatic rings. The fraction of sp³-hybridized carbons (Fsp3) is 0.360. The van der Waals surface area contributed by atoms with Gasteiger partial charge in [0, 0.05) is 22.9 Å². The predicted molar refractivity (Wildman–Crippen MR) is 131 cm³/mol. The molecule has 8 heteroatoms. The van der Waals surface area contributed by atoms with Gasteiger partial charge in [-0.1, -0.05) is 20.8 Å². The van der Waals surface area contributed by atoms with Crippen LogP contribution in [0, 0.1) is 11.3 Å². The third-order valence-corrected chi connectivity index (χ3v) is 6.69. The molecule has 1 unspecified atom stereocenters. The number of thiazole rings is 1. The first-order valence-corrected chi connectivity index (χ1v) is 12.0. The molecule has 3 heterocycles. The highest BCUT2D eigenvalue weighted by atomic mass is 32.1. The van der Waals surface area contributed by atoms with Crippen molar-refractivity contribution in [3.05, 3.63) is 52.9 Å². The summed E-state index contributed by atoms with van der Waals surface area (Å²) in [5.41, 5.74) is 4.72. The second kappa shape index (κ2) is 8.59. The first-order valence-electron chi connectivity index (χ1n) is 11.2. The molecule has 2 aliphatic rings. The number of pyridine rings is 1. The Kier molecular flexibility index (Phi) is 5.62. The van der Waals surface area contributed by atoms with Gasteiger partial charge in [0.2, 0.25) is 4.80 Å². The lowest BCUT2D eigenvalue weighted by Gasteiger charge is -2.34. The number of fused-ring (bicyclic) bond motifs is 1. The highest BCUT2D eigenvalue weighted by Gasteiger charge is 2.30. The minimum absolute atomic E-state index is 0.0422. The van der Waals surface area contributed by atoms with Gasteiger partial charge in [-0.25, -0.2) is 9.67 Å². The minimum atomic E-state index is -0.149. The van der Waals surface area contributed by atoms with Crippen LogP contribution < -0.4 is 14.9 Å². The number of rotatable bonds is 3. The van der Waals surface area contributed by atoms with Crippen LogP contribution in [0.2, 0.25) is 0 Å². The molecule has 1 N–H and O–H groups in total. The number of aromatic nitrogens is 2. The van der Waals surface area contributed by atoms with Crippen molar-refractivity contribution in [1.82, 2.24) is 9.66 Å². The average molecular weight is 462 g/mol. The number of amides is 1. The Morgan fingerprint density at radius 1 is 1.30 bits per heavy atom. The molecule has 1 fully saturated rings. The normalized spacial score (nSPS) is 21.4. The Morgan fingerprint density at radius 3 is 2.97 bits per heavy atom. The van der Waals surface area contributed by atoms with Gasteiger partial charge in [0.1, 0.15) is 5.75 Å². The molecule has 0 radical (unpaired) electrons. The molecule has 33 heavy (non-hydrogen) atoms. The van der Waals surface area contributed by atoms with Gasteiger partial charge in [-0.2, -0.15) is 5.10 Å². The van der Waals surface area contributed by atoms with Crippen LogP contribution >= 0.6 is 11.3 Å². The van der Waals surface area contributed by atoms with Crippen LogP contribution in [0.3, 0.4) is 0 Å². The number of carbonyl (C=O) groups excluding carboxylic acids is 1. The van der Waals surface area contributed by atoms with Crippen molar-refractivity contribution in [3.8, 4) is 17.0 Å². The Hall–Kier alpha value is -3.26. The van der Waals surface area contributed by atoms with Crippen LogP contribution in [0.4, 0.5) is 11.4 Å². The fourth-order valence-corrected chi connectivity index (χ4v) is 5.63. The van der Waals surface area contributed by atoms with E-state index in [4.69, 9.17) is 14.8 Å². The van der Waals surface area contributed by atoms with Crippen molar-refractivity contribution in [2.45, 2.75) is 40.0 Å². The number of carbonyl (C=O) groups is 1. The van der Waals surface area contributed by atoms with E-state index in [0.29, 0.717) is 17.4 Å². The smallest absolute Gasteiger partial charge is 0.262 e. The first kappa shape index (κ1) is 21.6. The van der Waals surface area contributed by atoms with Crippen molar-refractivity contribution in [2.75, 3.05) is 11.9 Å². The summed E-state index contributed by atoms with van der Waals surface area (Å²) in [5.74, 6) is 1.11. The molecular weight excluding hydrogens is 434 g/mol. The van der Waals surface area contributed by atoms with Gasteiger partial charge in [-0.15, -0.1) is 11.3 Å². The minimum Gasteiger partial charge on any atom is -0.482 e. The maximum absolute atomic E-state index is 11.8. The predicted octanol–water partition coefficient (Wildman–Crippen LogP) is 5.23. The van der Waals surface area contributed by atoms with E-state index in [1.807, 2.05) is 35.0 Å². The molecular formula is C25H27N5O2S. The number of benzene rings is 1. The van der Waals surface area contributed by atoms with E-state index in [0.717, 1.165) is 34.6 Å².